The second-order valence-corrected chi connectivity index (χ2v) is 6.44. The minimum absolute atomic E-state index is 0.0143. The van der Waals surface area contributed by atoms with E-state index in [1.165, 1.54) is 0 Å². The number of hydrogen-bond donors (Lipinski definition) is 2. The minimum Gasteiger partial charge on any atom is -0.481 e. The molecule has 0 fully saturated rings. The monoisotopic (exact) mass is 331 g/mol. The Kier molecular flexibility index (Phi) is 6.47. The van der Waals surface area contributed by atoms with Crippen LogP contribution in [0.3, 0.4) is 0 Å². The lowest BCUT2D eigenvalue weighted by atomic mass is 10.1. The van der Waals surface area contributed by atoms with Crippen LogP contribution >= 0.6 is 11.8 Å². The normalized spacial score (nSPS) is 10.7. The molecular weight excluding hydrogens is 310 g/mol. The number of rotatable bonds is 8. The van der Waals surface area contributed by atoms with Gasteiger partial charge < -0.3 is 10.4 Å². The topological polar surface area (TPSA) is 66.4 Å². The van der Waals surface area contributed by atoms with Crippen molar-refractivity contribution in [2.75, 3.05) is 11.1 Å². The van der Waals surface area contributed by atoms with E-state index in [0.29, 0.717) is 6.42 Å². The third kappa shape index (κ3) is 4.99. The number of anilines is 1. The molecule has 0 radical (unpaired) electrons. The Morgan fingerprint density at radius 3 is 2.65 bits per heavy atom. The van der Waals surface area contributed by atoms with Crippen molar-refractivity contribution >= 4 is 40.1 Å². The summed E-state index contributed by atoms with van der Waals surface area (Å²) in [7, 11) is 0. The Morgan fingerprint density at radius 2 is 1.91 bits per heavy atom. The van der Waals surface area contributed by atoms with Gasteiger partial charge in [-0.25, -0.2) is 0 Å². The van der Waals surface area contributed by atoms with Crippen LogP contribution in [0.1, 0.15) is 32.6 Å². The molecule has 0 aliphatic rings. The summed E-state index contributed by atoms with van der Waals surface area (Å²) >= 11 is 1.72. The van der Waals surface area contributed by atoms with Gasteiger partial charge in [0, 0.05) is 23.1 Å². The van der Waals surface area contributed by atoms with E-state index in [4.69, 9.17) is 5.11 Å². The van der Waals surface area contributed by atoms with E-state index in [1.807, 2.05) is 30.3 Å². The van der Waals surface area contributed by atoms with Crippen LogP contribution in [0.15, 0.2) is 41.3 Å². The zero-order chi connectivity index (χ0) is 16.7. The molecule has 122 valence electrons. The Hall–Kier alpha value is -2.01. The van der Waals surface area contributed by atoms with Crippen molar-refractivity contribution < 1.29 is 14.7 Å². The number of carbonyl (C=O) groups excluding carboxylic acids is 1. The second-order valence-electron chi connectivity index (χ2n) is 5.30. The summed E-state index contributed by atoms with van der Waals surface area (Å²) < 4.78 is 0. The maximum absolute atomic E-state index is 12.2. The highest BCUT2D eigenvalue weighted by molar-refractivity contribution is 7.99. The summed E-state index contributed by atoms with van der Waals surface area (Å²) in [4.78, 5) is 23.8. The zero-order valence-electron chi connectivity index (χ0n) is 13.2. The molecule has 0 atom stereocenters. The fraction of sp³-hybridized carbons (Fsp3) is 0.333. The zero-order valence-corrected chi connectivity index (χ0v) is 14.0. The van der Waals surface area contributed by atoms with Crippen molar-refractivity contribution in [2.45, 2.75) is 37.5 Å². The summed E-state index contributed by atoms with van der Waals surface area (Å²) in [6, 6.07) is 12.0. The van der Waals surface area contributed by atoms with Gasteiger partial charge in [0.1, 0.15) is 0 Å². The van der Waals surface area contributed by atoms with Crippen LogP contribution < -0.4 is 5.32 Å². The van der Waals surface area contributed by atoms with Crippen molar-refractivity contribution in [3.05, 3.63) is 36.4 Å². The quantitative estimate of drug-likeness (QED) is 0.697. The predicted octanol–water partition coefficient (Wildman–Crippen LogP) is 4.54. The van der Waals surface area contributed by atoms with Crippen molar-refractivity contribution in [2.24, 2.45) is 0 Å². The third-order valence-electron chi connectivity index (χ3n) is 3.41. The van der Waals surface area contributed by atoms with Gasteiger partial charge in [0.05, 0.1) is 5.69 Å². The SMILES string of the molecule is CCCSc1ccc2ccccc2c1NC(=O)CCCC(=O)O. The molecule has 0 unspecified atom stereocenters. The van der Waals surface area contributed by atoms with Gasteiger partial charge in [-0.1, -0.05) is 37.3 Å². The molecule has 5 heteroatoms. The minimum atomic E-state index is -0.873. The van der Waals surface area contributed by atoms with Crippen LogP contribution in [-0.4, -0.2) is 22.7 Å². The van der Waals surface area contributed by atoms with Crippen molar-refractivity contribution in [1.29, 1.82) is 0 Å². The molecule has 2 aromatic carbocycles. The Labute approximate surface area is 140 Å². The number of thioether (sulfide) groups is 1. The molecular formula is C18H21NO3S. The molecule has 0 spiro atoms. The Morgan fingerprint density at radius 1 is 1.13 bits per heavy atom. The Balaban J connectivity index is 2.21. The molecule has 0 bridgehead atoms. The molecule has 0 heterocycles. The van der Waals surface area contributed by atoms with Gasteiger partial charge in [0.2, 0.25) is 5.91 Å². The molecule has 0 aromatic heterocycles. The van der Waals surface area contributed by atoms with E-state index in [2.05, 4.69) is 18.3 Å². The largest absolute Gasteiger partial charge is 0.481 e. The number of amides is 1. The average molecular weight is 331 g/mol. The smallest absolute Gasteiger partial charge is 0.303 e. The molecule has 23 heavy (non-hydrogen) atoms. The molecule has 0 aliphatic heterocycles. The van der Waals surface area contributed by atoms with Gasteiger partial charge in [0.15, 0.2) is 0 Å². The maximum Gasteiger partial charge on any atom is 0.303 e. The van der Waals surface area contributed by atoms with E-state index >= 15 is 0 Å². The molecule has 2 aromatic rings. The lowest BCUT2D eigenvalue weighted by Gasteiger charge is -2.14. The highest BCUT2D eigenvalue weighted by Crippen LogP contribution is 2.34. The number of fused-ring (bicyclic) bond motifs is 1. The summed E-state index contributed by atoms with van der Waals surface area (Å²) in [6.45, 7) is 2.12. The van der Waals surface area contributed by atoms with Crippen molar-refractivity contribution in [3.8, 4) is 0 Å². The number of carbonyl (C=O) groups is 2. The van der Waals surface area contributed by atoms with Crippen molar-refractivity contribution in [1.82, 2.24) is 0 Å². The number of carboxylic acids is 1. The first kappa shape index (κ1) is 17.3. The van der Waals surface area contributed by atoms with Gasteiger partial charge in [-0.2, -0.15) is 0 Å². The highest BCUT2D eigenvalue weighted by atomic mass is 32.2. The maximum atomic E-state index is 12.2. The predicted molar refractivity (Wildman–Crippen MR) is 95.1 cm³/mol. The first-order valence-electron chi connectivity index (χ1n) is 7.78. The van der Waals surface area contributed by atoms with E-state index in [0.717, 1.165) is 33.5 Å². The standard InChI is InChI=1S/C18H21NO3S/c1-2-12-23-15-11-10-13-6-3-4-7-14(13)18(15)19-16(20)8-5-9-17(21)22/h3-4,6-7,10-11H,2,5,8-9,12H2,1H3,(H,19,20)(H,21,22). The van der Waals surface area contributed by atoms with Gasteiger partial charge in [-0.15, -0.1) is 11.8 Å². The molecule has 2 N–H and O–H groups in total. The fourth-order valence-electron chi connectivity index (χ4n) is 2.31. The molecule has 0 aliphatic carbocycles. The van der Waals surface area contributed by atoms with E-state index in [-0.39, 0.29) is 18.7 Å². The average Bonchev–Trinajstić information content (AvgIpc) is 2.53. The van der Waals surface area contributed by atoms with Crippen LogP contribution in [-0.2, 0) is 9.59 Å². The van der Waals surface area contributed by atoms with Gasteiger partial charge >= 0.3 is 5.97 Å². The lowest BCUT2D eigenvalue weighted by molar-refractivity contribution is -0.137. The number of hydrogen-bond acceptors (Lipinski definition) is 3. The molecule has 2 rings (SSSR count). The molecule has 4 nitrogen and oxygen atoms in total. The lowest BCUT2D eigenvalue weighted by Crippen LogP contribution is -2.13. The van der Waals surface area contributed by atoms with Crippen LogP contribution in [0.2, 0.25) is 0 Å². The number of carboxylic acid groups (broad SMARTS) is 1. The van der Waals surface area contributed by atoms with Gasteiger partial charge in [-0.05, 0) is 30.0 Å². The summed E-state index contributed by atoms with van der Waals surface area (Å²) in [5.41, 5.74) is 0.835. The first-order valence-corrected chi connectivity index (χ1v) is 8.76. The Bertz CT molecular complexity index is 700. The number of aliphatic carboxylic acids is 1. The summed E-state index contributed by atoms with van der Waals surface area (Å²) in [5, 5.41) is 13.7. The number of nitrogens with one attached hydrogen (secondary N) is 1. The van der Waals surface area contributed by atoms with Crippen LogP contribution in [0.5, 0.6) is 0 Å². The second kappa shape index (κ2) is 8.58. The number of benzene rings is 2. The van der Waals surface area contributed by atoms with Crippen molar-refractivity contribution in [3.63, 3.8) is 0 Å². The van der Waals surface area contributed by atoms with E-state index in [1.54, 1.807) is 11.8 Å². The van der Waals surface area contributed by atoms with E-state index < -0.39 is 5.97 Å². The first-order chi connectivity index (χ1) is 11.1. The highest BCUT2D eigenvalue weighted by Gasteiger charge is 2.12. The van der Waals surface area contributed by atoms with Crippen LogP contribution in [0.25, 0.3) is 10.8 Å². The molecule has 1 amide bonds. The fourth-order valence-corrected chi connectivity index (χ4v) is 3.21. The van der Waals surface area contributed by atoms with Gasteiger partial charge in [-0.3, -0.25) is 9.59 Å². The summed E-state index contributed by atoms with van der Waals surface area (Å²) in [6.07, 6.45) is 1.64. The van der Waals surface area contributed by atoms with Gasteiger partial charge in [0.25, 0.3) is 0 Å². The van der Waals surface area contributed by atoms with E-state index in [9.17, 15) is 9.59 Å². The third-order valence-corrected chi connectivity index (χ3v) is 4.67. The summed E-state index contributed by atoms with van der Waals surface area (Å²) in [5.74, 6) is -0.0247. The van der Waals surface area contributed by atoms with Crippen LogP contribution in [0, 0.1) is 0 Å². The molecule has 0 saturated heterocycles. The van der Waals surface area contributed by atoms with Crippen LogP contribution in [0.4, 0.5) is 5.69 Å². The molecule has 0 saturated carbocycles.